The molecule has 20 heavy (non-hydrogen) atoms. The first-order valence-corrected chi connectivity index (χ1v) is 6.42. The first-order chi connectivity index (χ1) is 9.60. The monoisotopic (exact) mass is 292 g/mol. The Bertz CT molecular complexity index is 532. The molecule has 5 heteroatoms. The minimum atomic E-state index is -0.467. The molecular formula is C15H16O4S. The molecule has 1 aromatic rings. The van der Waals surface area contributed by atoms with Crippen LogP contribution in [0.5, 0.6) is 0 Å². The summed E-state index contributed by atoms with van der Waals surface area (Å²) in [5.41, 5.74) is 1.02. The summed E-state index contributed by atoms with van der Waals surface area (Å²) in [5, 5.41) is 9.58. The van der Waals surface area contributed by atoms with E-state index in [1.54, 1.807) is 19.1 Å². The zero-order valence-corrected chi connectivity index (χ0v) is 12.1. The lowest BCUT2D eigenvalue weighted by molar-refractivity contribution is -0.136. The Morgan fingerprint density at radius 1 is 1.30 bits per heavy atom. The standard InChI is InChI=1S/C15H16O4S/c1-3-19-14(17)12(11-7-5-4-6-8-11)9-10-13(16)15(20)18-2/h4-10,16H,3H2,1-2H3. The van der Waals surface area contributed by atoms with Crippen LogP contribution in [0.15, 0.2) is 48.2 Å². The van der Waals surface area contributed by atoms with Gasteiger partial charge >= 0.3 is 5.97 Å². The number of rotatable bonds is 5. The topological polar surface area (TPSA) is 55.8 Å². The van der Waals surface area contributed by atoms with E-state index in [0.29, 0.717) is 11.1 Å². The largest absolute Gasteiger partial charge is 0.504 e. The highest BCUT2D eigenvalue weighted by Gasteiger charge is 2.12. The van der Waals surface area contributed by atoms with Crippen LogP contribution in [0.25, 0.3) is 5.57 Å². The third-order valence-corrected chi connectivity index (χ3v) is 2.76. The highest BCUT2D eigenvalue weighted by Crippen LogP contribution is 2.16. The minimum Gasteiger partial charge on any atom is -0.504 e. The van der Waals surface area contributed by atoms with Crippen molar-refractivity contribution in [3.8, 4) is 0 Å². The number of hydrogen-bond donors (Lipinski definition) is 1. The summed E-state index contributed by atoms with van der Waals surface area (Å²) in [6, 6.07) is 9.03. The Kier molecular flexibility index (Phi) is 6.46. The Morgan fingerprint density at radius 3 is 2.50 bits per heavy atom. The maximum absolute atomic E-state index is 11.9. The Hall–Kier alpha value is -2.14. The van der Waals surface area contributed by atoms with Crippen LogP contribution in [-0.4, -0.2) is 29.8 Å². The molecule has 1 aromatic carbocycles. The average molecular weight is 292 g/mol. The summed E-state index contributed by atoms with van der Waals surface area (Å²) in [6.07, 6.45) is 2.76. The van der Waals surface area contributed by atoms with Crippen molar-refractivity contribution in [2.24, 2.45) is 0 Å². The number of allylic oxidation sites excluding steroid dienone is 2. The molecule has 0 fully saturated rings. The third-order valence-electron chi connectivity index (χ3n) is 2.38. The number of ether oxygens (including phenoxy) is 2. The number of methoxy groups -OCH3 is 1. The summed E-state index contributed by atoms with van der Waals surface area (Å²) in [4.78, 5) is 11.9. The molecule has 4 nitrogen and oxygen atoms in total. The summed E-state index contributed by atoms with van der Waals surface area (Å²) in [6.45, 7) is 2.00. The molecule has 0 saturated carbocycles. The van der Waals surface area contributed by atoms with Gasteiger partial charge in [0.25, 0.3) is 0 Å². The van der Waals surface area contributed by atoms with E-state index in [0.717, 1.165) is 0 Å². The van der Waals surface area contributed by atoms with Gasteiger partial charge in [0, 0.05) is 0 Å². The first-order valence-electron chi connectivity index (χ1n) is 6.02. The fourth-order valence-corrected chi connectivity index (χ4v) is 1.51. The van der Waals surface area contributed by atoms with Gasteiger partial charge in [0.05, 0.1) is 19.3 Å². The van der Waals surface area contributed by atoms with Gasteiger partial charge in [-0.05, 0) is 36.9 Å². The van der Waals surface area contributed by atoms with E-state index in [9.17, 15) is 9.90 Å². The molecule has 0 aliphatic carbocycles. The van der Waals surface area contributed by atoms with Crippen LogP contribution < -0.4 is 0 Å². The maximum Gasteiger partial charge on any atom is 0.338 e. The smallest absolute Gasteiger partial charge is 0.338 e. The fraction of sp³-hybridized carbons (Fsp3) is 0.200. The van der Waals surface area contributed by atoms with Gasteiger partial charge in [-0.25, -0.2) is 4.79 Å². The second-order valence-electron chi connectivity index (χ2n) is 3.71. The van der Waals surface area contributed by atoms with Crippen LogP contribution in [0.1, 0.15) is 12.5 Å². The van der Waals surface area contributed by atoms with E-state index in [4.69, 9.17) is 21.7 Å². The van der Waals surface area contributed by atoms with Crippen molar-refractivity contribution < 1.29 is 19.4 Å². The van der Waals surface area contributed by atoms with Crippen LogP contribution in [0.3, 0.4) is 0 Å². The van der Waals surface area contributed by atoms with Crippen LogP contribution >= 0.6 is 12.2 Å². The number of benzene rings is 1. The summed E-state index contributed by atoms with van der Waals surface area (Å²) in [5.74, 6) is -0.689. The summed E-state index contributed by atoms with van der Waals surface area (Å²) >= 11 is 4.78. The molecule has 0 radical (unpaired) electrons. The van der Waals surface area contributed by atoms with Crippen molar-refractivity contribution in [1.82, 2.24) is 0 Å². The Labute approximate surface area is 123 Å². The van der Waals surface area contributed by atoms with Gasteiger partial charge in [0.1, 0.15) is 0 Å². The van der Waals surface area contributed by atoms with Crippen LogP contribution in [0.2, 0.25) is 0 Å². The molecule has 1 N–H and O–H groups in total. The number of aliphatic hydroxyl groups excluding tert-OH is 1. The molecule has 0 unspecified atom stereocenters. The predicted octanol–water partition coefficient (Wildman–Crippen LogP) is 3.05. The van der Waals surface area contributed by atoms with Crippen molar-refractivity contribution in [2.75, 3.05) is 13.7 Å². The second kappa shape index (κ2) is 8.12. The van der Waals surface area contributed by atoms with Crippen LogP contribution in [0.4, 0.5) is 0 Å². The van der Waals surface area contributed by atoms with Gasteiger partial charge in [-0.15, -0.1) is 0 Å². The van der Waals surface area contributed by atoms with Crippen molar-refractivity contribution in [3.63, 3.8) is 0 Å². The van der Waals surface area contributed by atoms with Crippen molar-refractivity contribution in [1.29, 1.82) is 0 Å². The third kappa shape index (κ3) is 4.51. The number of aliphatic hydroxyl groups is 1. The number of hydrogen-bond acceptors (Lipinski definition) is 5. The summed E-state index contributed by atoms with van der Waals surface area (Å²) in [7, 11) is 1.36. The van der Waals surface area contributed by atoms with Gasteiger partial charge < -0.3 is 14.6 Å². The van der Waals surface area contributed by atoms with Crippen molar-refractivity contribution in [3.05, 3.63) is 53.8 Å². The van der Waals surface area contributed by atoms with E-state index < -0.39 is 5.97 Å². The van der Waals surface area contributed by atoms with Crippen molar-refractivity contribution in [2.45, 2.75) is 6.92 Å². The molecule has 1 rings (SSSR count). The number of carbonyl (C=O) groups excluding carboxylic acids is 1. The second-order valence-corrected chi connectivity index (χ2v) is 4.08. The summed E-state index contributed by atoms with van der Waals surface area (Å²) < 4.78 is 9.72. The SMILES string of the molecule is CCOC(=O)C(=CC=C(O)C(=S)OC)c1ccccc1. The molecule has 0 spiro atoms. The van der Waals surface area contributed by atoms with E-state index >= 15 is 0 Å². The van der Waals surface area contributed by atoms with Crippen LogP contribution in [-0.2, 0) is 14.3 Å². The zero-order chi connectivity index (χ0) is 15.0. The fourth-order valence-electron chi connectivity index (χ4n) is 1.44. The highest BCUT2D eigenvalue weighted by atomic mass is 32.1. The van der Waals surface area contributed by atoms with Gasteiger partial charge in [-0.1, -0.05) is 30.3 Å². The van der Waals surface area contributed by atoms with E-state index in [1.165, 1.54) is 19.3 Å². The molecule has 0 aromatic heterocycles. The van der Waals surface area contributed by atoms with E-state index in [2.05, 4.69) is 0 Å². The Balaban J connectivity index is 3.12. The molecule has 0 aliphatic heterocycles. The Morgan fingerprint density at radius 2 is 1.95 bits per heavy atom. The molecule has 0 bridgehead atoms. The lowest BCUT2D eigenvalue weighted by Crippen LogP contribution is -2.07. The quantitative estimate of drug-likeness (QED) is 0.297. The molecule has 0 atom stereocenters. The van der Waals surface area contributed by atoms with Gasteiger partial charge in [0.15, 0.2) is 5.76 Å². The van der Waals surface area contributed by atoms with E-state index in [1.807, 2.05) is 18.2 Å². The lowest BCUT2D eigenvalue weighted by atomic mass is 10.1. The normalized spacial score (nSPS) is 11.9. The molecule has 0 saturated heterocycles. The molecule has 0 heterocycles. The zero-order valence-electron chi connectivity index (χ0n) is 11.3. The molecule has 106 valence electrons. The highest BCUT2D eigenvalue weighted by molar-refractivity contribution is 7.80. The van der Waals surface area contributed by atoms with Crippen molar-refractivity contribution >= 4 is 28.8 Å². The van der Waals surface area contributed by atoms with E-state index in [-0.39, 0.29) is 17.4 Å². The number of carbonyl (C=O) groups is 1. The average Bonchev–Trinajstić information content (AvgIpc) is 2.47. The lowest BCUT2D eigenvalue weighted by Gasteiger charge is -2.06. The molecule has 0 amide bonds. The maximum atomic E-state index is 11.9. The predicted molar refractivity (Wildman–Crippen MR) is 81.4 cm³/mol. The number of esters is 1. The molecule has 0 aliphatic rings. The number of thiocarbonyl (C=S) groups is 1. The van der Waals surface area contributed by atoms with Crippen LogP contribution in [0, 0.1) is 0 Å². The van der Waals surface area contributed by atoms with Gasteiger partial charge in [-0.3, -0.25) is 0 Å². The van der Waals surface area contributed by atoms with Gasteiger partial charge in [0.2, 0.25) is 5.05 Å². The van der Waals surface area contributed by atoms with Gasteiger partial charge in [-0.2, -0.15) is 0 Å². The molecular weight excluding hydrogens is 276 g/mol. The minimum absolute atomic E-state index is 0.0440. The first kappa shape index (κ1) is 15.9.